The Labute approximate surface area is 100 Å². The molecule has 0 spiro atoms. The lowest BCUT2D eigenvalue weighted by atomic mass is 10.3. The third-order valence-corrected chi connectivity index (χ3v) is 3.49. The number of aliphatic carboxylic acids is 1. The molecule has 1 aliphatic heterocycles. The zero-order valence-electron chi connectivity index (χ0n) is 8.04. The molecule has 0 radical (unpaired) electrons. The first-order chi connectivity index (χ1) is 7.20. The van der Waals surface area contributed by atoms with Crippen molar-refractivity contribution >= 4 is 37.9 Å². The summed E-state index contributed by atoms with van der Waals surface area (Å²) >= 11 is 3.15. The Morgan fingerprint density at radius 2 is 2.19 bits per heavy atom. The average Bonchev–Trinajstić information content (AvgIpc) is 2.39. The highest BCUT2D eigenvalue weighted by Crippen LogP contribution is 2.21. The summed E-state index contributed by atoms with van der Waals surface area (Å²) in [6.45, 7) is 0.116. The van der Waals surface area contributed by atoms with Gasteiger partial charge < -0.3 is 10.0 Å². The lowest BCUT2D eigenvalue weighted by Crippen LogP contribution is -2.46. The van der Waals surface area contributed by atoms with Gasteiger partial charge in [0.15, 0.2) is 0 Å². The Bertz CT molecular complexity index is 407. The normalized spacial score (nSPS) is 23.5. The lowest BCUT2D eigenvalue weighted by Gasteiger charge is -2.22. The molecule has 0 aromatic heterocycles. The Hall–Kier alpha value is -0.670. The van der Waals surface area contributed by atoms with E-state index in [1.807, 2.05) is 0 Å². The second-order valence-corrected chi connectivity index (χ2v) is 6.24. The molecular weight excluding hydrogens is 306 g/mol. The molecule has 1 saturated heterocycles. The Balaban J connectivity index is 2.87. The molecule has 0 aromatic rings. The molecule has 0 bridgehead atoms. The van der Waals surface area contributed by atoms with Crippen molar-refractivity contribution in [2.75, 3.05) is 12.3 Å². The first-order valence-electron chi connectivity index (χ1n) is 4.32. The van der Waals surface area contributed by atoms with Gasteiger partial charge in [-0.2, -0.15) is 8.42 Å². The van der Waals surface area contributed by atoms with Crippen LogP contribution in [0.15, 0.2) is 0 Å². The summed E-state index contributed by atoms with van der Waals surface area (Å²) in [4.78, 5) is 23.0. The Morgan fingerprint density at radius 1 is 1.62 bits per heavy atom. The summed E-state index contributed by atoms with van der Waals surface area (Å²) in [5.41, 5.74) is 0. The number of carboxylic acid groups (broad SMARTS) is 1. The van der Waals surface area contributed by atoms with E-state index in [9.17, 15) is 18.0 Å². The van der Waals surface area contributed by atoms with E-state index >= 15 is 0 Å². The van der Waals surface area contributed by atoms with E-state index in [4.69, 9.17) is 9.66 Å². The van der Waals surface area contributed by atoms with Gasteiger partial charge in [0.1, 0.15) is 11.8 Å². The van der Waals surface area contributed by atoms with E-state index in [1.165, 1.54) is 0 Å². The number of alkyl halides is 1. The first kappa shape index (κ1) is 13.4. The van der Waals surface area contributed by atoms with Crippen molar-refractivity contribution in [3.63, 3.8) is 0 Å². The number of amides is 1. The van der Waals surface area contributed by atoms with Gasteiger partial charge in [-0.3, -0.25) is 9.35 Å². The molecule has 1 heterocycles. The van der Waals surface area contributed by atoms with Gasteiger partial charge in [-0.25, -0.2) is 4.79 Å². The number of hydrogen-bond acceptors (Lipinski definition) is 4. The van der Waals surface area contributed by atoms with Gasteiger partial charge in [0.2, 0.25) is 5.91 Å². The van der Waals surface area contributed by atoms with Crippen LogP contribution in [0.25, 0.3) is 0 Å². The van der Waals surface area contributed by atoms with Crippen LogP contribution in [-0.4, -0.2) is 58.0 Å². The van der Waals surface area contributed by atoms with Crippen molar-refractivity contribution in [1.29, 1.82) is 0 Å². The van der Waals surface area contributed by atoms with Crippen LogP contribution in [0.4, 0.5) is 0 Å². The van der Waals surface area contributed by atoms with Crippen LogP contribution >= 0.6 is 15.9 Å². The largest absolute Gasteiger partial charge is 0.480 e. The van der Waals surface area contributed by atoms with E-state index in [-0.39, 0.29) is 17.8 Å². The Morgan fingerprint density at radius 3 is 2.50 bits per heavy atom. The van der Waals surface area contributed by atoms with E-state index in [1.54, 1.807) is 0 Å². The SMILES string of the molecule is O=C(O)C(CS(=O)(=O)O)N1CC(Br)CC1=O. The second kappa shape index (κ2) is 4.68. The molecule has 92 valence electrons. The summed E-state index contributed by atoms with van der Waals surface area (Å²) in [6.07, 6.45) is 0.120. The summed E-state index contributed by atoms with van der Waals surface area (Å²) < 4.78 is 29.9. The van der Waals surface area contributed by atoms with Crippen LogP contribution in [0.3, 0.4) is 0 Å². The van der Waals surface area contributed by atoms with Crippen molar-refractivity contribution < 1.29 is 27.7 Å². The maximum atomic E-state index is 11.4. The number of likely N-dealkylation sites (tertiary alicyclic amines) is 1. The van der Waals surface area contributed by atoms with Crippen LogP contribution < -0.4 is 0 Å². The summed E-state index contributed by atoms with van der Waals surface area (Å²) in [5.74, 6) is -2.89. The van der Waals surface area contributed by atoms with Gasteiger partial charge in [-0.05, 0) is 0 Å². The second-order valence-electron chi connectivity index (χ2n) is 3.45. The summed E-state index contributed by atoms with van der Waals surface area (Å²) in [5, 5.41) is 8.82. The van der Waals surface area contributed by atoms with Crippen LogP contribution in [0.5, 0.6) is 0 Å². The fraction of sp³-hybridized carbons (Fsp3) is 0.714. The molecule has 0 saturated carbocycles. The highest BCUT2D eigenvalue weighted by molar-refractivity contribution is 9.09. The lowest BCUT2D eigenvalue weighted by molar-refractivity contribution is -0.147. The van der Waals surface area contributed by atoms with Gasteiger partial charge in [0.05, 0.1) is 0 Å². The van der Waals surface area contributed by atoms with Crippen molar-refractivity contribution in [2.45, 2.75) is 17.3 Å². The molecule has 2 N–H and O–H groups in total. The van der Waals surface area contributed by atoms with E-state index < -0.39 is 33.8 Å². The van der Waals surface area contributed by atoms with Crippen molar-refractivity contribution in [2.24, 2.45) is 0 Å². The first-order valence-corrected chi connectivity index (χ1v) is 6.84. The molecule has 16 heavy (non-hydrogen) atoms. The number of carbonyl (C=O) groups excluding carboxylic acids is 1. The summed E-state index contributed by atoms with van der Waals surface area (Å²) in [7, 11) is -4.44. The van der Waals surface area contributed by atoms with Crippen molar-refractivity contribution in [1.82, 2.24) is 4.90 Å². The van der Waals surface area contributed by atoms with Gasteiger partial charge in [-0.1, -0.05) is 15.9 Å². The van der Waals surface area contributed by atoms with Crippen LogP contribution in [-0.2, 0) is 19.7 Å². The molecule has 2 atom stereocenters. The zero-order valence-corrected chi connectivity index (χ0v) is 10.4. The van der Waals surface area contributed by atoms with Gasteiger partial charge >= 0.3 is 5.97 Å². The third kappa shape index (κ3) is 3.42. The minimum Gasteiger partial charge on any atom is -0.480 e. The quantitative estimate of drug-likeness (QED) is 0.525. The molecule has 9 heteroatoms. The zero-order chi connectivity index (χ0) is 12.5. The van der Waals surface area contributed by atoms with E-state index in [0.29, 0.717) is 0 Å². The van der Waals surface area contributed by atoms with E-state index in [2.05, 4.69) is 15.9 Å². The van der Waals surface area contributed by atoms with Crippen LogP contribution in [0, 0.1) is 0 Å². The smallest absolute Gasteiger partial charge is 0.327 e. The van der Waals surface area contributed by atoms with Crippen LogP contribution in [0.2, 0.25) is 0 Å². The number of nitrogens with zero attached hydrogens (tertiary/aromatic N) is 1. The van der Waals surface area contributed by atoms with Gasteiger partial charge in [-0.15, -0.1) is 0 Å². The van der Waals surface area contributed by atoms with Crippen molar-refractivity contribution in [3.8, 4) is 0 Å². The van der Waals surface area contributed by atoms with Gasteiger partial charge in [0.25, 0.3) is 10.1 Å². The molecule has 1 amide bonds. The monoisotopic (exact) mass is 315 g/mol. The van der Waals surface area contributed by atoms with Crippen LogP contribution in [0.1, 0.15) is 6.42 Å². The molecule has 7 nitrogen and oxygen atoms in total. The predicted octanol–water partition coefficient (Wildman–Crippen LogP) is -0.677. The number of hydrogen-bond donors (Lipinski definition) is 2. The highest BCUT2D eigenvalue weighted by Gasteiger charge is 2.38. The third-order valence-electron chi connectivity index (χ3n) is 2.14. The summed E-state index contributed by atoms with van der Waals surface area (Å²) in [6, 6.07) is -1.54. The number of rotatable bonds is 4. The van der Waals surface area contributed by atoms with Gasteiger partial charge in [0, 0.05) is 17.8 Å². The fourth-order valence-corrected chi connectivity index (χ4v) is 2.79. The van der Waals surface area contributed by atoms with Crippen molar-refractivity contribution in [3.05, 3.63) is 0 Å². The molecule has 0 aromatic carbocycles. The minimum absolute atomic E-state index is 0.116. The highest BCUT2D eigenvalue weighted by atomic mass is 79.9. The molecule has 2 unspecified atom stereocenters. The molecule has 1 aliphatic rings. The average molecular weight is 316 g/mol. The topological polar surface area (TPSA) is 112 Å². The maximum Gasteiger partial charge on any atom is 0.327 e. The molecule has 1 rings (SSSR count). The standard InChI is InChI=1S/C7H10BrNO6S/c8-4-1-6(10)9(2-4)5(7(11)12)3-16(13,14)15/h4-5H,1-3H2,(H,11,12)(H,13,14,15). The molecular formula is C7H10BrNO6S. The number of halogens is 1. The maximum absolute atomic E-state index is 11.4. The number of carbonyl (C=O) groups is 2. The van der Waals surface area contributed by atoms with E-state index in [0.717, 1.165) is 4.90 Å². The fourth-order valence-electron chi connectivity index (χ4n) is 1.48. The predicted molar refractivity (Wildman–Crippen MR) is 56.9 cm³/mol. The Kier molecular flexibility index (Phi) is 3.92. The minimum atomic E-state index is -4.44. The molecule has 1 fully saturated rings. The number of carboxylic acids is 1. The molecule has 0 aliphatic carbocycles.